The van der Waals surface area contributed by atoms with Crippen LogP contribution in [0.2, 0.25) is 0 Å². The Balaban J connectivity index is 2.24. The summed E-state index contributed by atoms with van der Waals surface area (Å²) in [4.78, 5) is 16.2. The molecule has 0 aromatic rings. The number of carbonyl (C=O) groups excluding carboxylic acids is 1. The van der Waals surface area contributed by atoms with Gasteiger partial charge in [0.05, 0.1) is 0 Å². The molecule has 0 aliphatic carbocycles. The first-order chi connectivity index (χ1) is 7.59. The van der Waals surface area contributed by atoms with Crippen LogP contribution in [0.15, 0.2) is 0 Å². The molecular formula is C12H25N3O. The average Bonchev–Trinajstić information content (AvgIpc) is 2.42. The van der Waals surface area contributed by atoms with Crippen LogP contribution >= 0.6 is 0 Å². The lowest BCUT2D eigenvalue weighted by Gasteiger charge is -2.20. The summed E-state index contributed by atoms with van der Waals surface area (Å²) in [6.45, 7) is 5.89. The topological polar surface area (TPSA) is 49.6 Å². The Labute approximate surface area is 98.8 Å². The molecule has 94 valence electrons. The van der Waals surface area contributed by atoms with Crippen LogP contribution in [0.5, 0.6) is 0 Å². The van der Waals surface area contributed by atoms with Gasteiger partial charge in [0.25, 0.3) is 0 Å². The molecule has 4 heteroatoms. The molecule has 1 heterocycles. The molecule has 1 amide bonds. The van der Waals surface area contributed by atoms with Gasteiger partial charge >= 0.3 is 0 Å². The number of carbonyl (C=O) groups is 1. The fourth-order valence-corrected chi connectivity index (χ4v) is 2.03. The molecule has 1 rings (SSSR count). The van der Waals surface area contributed by atoms with E-state index in [2.05, 4.69) is 11.9 Å². The molecule has 1 atom stereocenters. The number of amides is 1. The van der Waals surface area contributed by atoms with E-state index in [-0.39, 0.29) is 6.04 Å². The highest BCUT2D eigenvalue weighted by Crippen LogP contribution is 2.06. The third kappa shape index (κ3) is 4.94. The van der Waals surface area contributed by atoms with Crippen molar-refractivity contribution in [2.45, 2.75) is 38.6 Å². The molecule has 0 aromatic heterocycles. The van der Waals surface area contributed by atoms with Crippen LogP contribution in [-0.4, -0.2) is 55.0 Å². The van der Waals surface area contributed by atoms with Crippen LogP contribution in [0.25, 0.3) is 0 Å². The number of nitrogens with two attached hydrogens (primary N) is 1. The molecule has 1 unspecified atom stereocenters. The Morgan fingerprint density at radius 1 is 1.31 bits per heavy atom. The average molecular weight is 227 g/mol. The number of nitrogens with zero attached hydrogens (tertiary/aromatic N) is 2. The molecule has 16 heavy (non-hydrogen) atoms. The molecule has 2 N–H and O–H groups in total. The maximum absolute atomic E-state index is 11.9. The van der Waals surface area contributed by atoms with E-state index in [9.17, 15) is 4.79 Å². The zero-order valence-corrected chi connectivity index (χ0v) is 10.6. The second-order valence-corrected chi connectivity index (χ2v) is 4.91. The van der Waals surface area contributed by atoms with E-state index in [1.807, 2.05) is 11.8 Å². The van der Waals surface area contributed by atoms with Crippen molar-refractivity contribution in [3.63, 3.8) is 0 Å². The van der Waals surface area contributed by atoms with E-state index in [1.54, 1.807) is 0 Å². The van der Waals surface area contributed by atoms with E-state index in [0.717, 1.165) is 45.4 Å². The van der Waals surface area contributed by atoms with Gasteiger partial charge in [0.15, 0.2) is 0 Å². The van der Waals surface area contributed by atoms with E-state index in [1.165, 1.54) is 0 Å². The Hall–Kier alpha value is -0.610. The Bertz CT molecular complexity index is 218. The summed E-state index contributed by atoms with van der Waals surface area (Å²) in [5.74, 6) is 0.302. The Kier molecular flexibility index (Phi) is 5.77. The van der Waals surface area contributed by atoms with Gasteiger partial charge in [-0.3, -0.25) is 4.79 Å². The van der Waals surface area contributed by atoms with Crippen molar-refractivity contribution in [1.82, 2.24) is 9.80 Å². The van der Waals surface area contributed by atoms with Gasteiger partial charge in [0, 0.05) is 32.1 Å². The highest BCUT2D eigenvalue weighted by molar-refractivity contribution is 5.76. The monoisotopic (exact) mass is 227 g/mol. The van der Waals surface area contributed by atoms with Crippen molar-refractivity contribution in [3.05, 3.63) is 0 Å². The van der Waals surface area contributed by atoms with Gasteiger partial charge < -0.3 is 15.5 Å². The van der Waals surface area contributed by atoms with E-state index < -0.39 is 0 Å². The molecule has 1 fully saturated rings. The lowest BCUT2D eigenvalue weighted by Crippen LogP contribution is -2.34. The number of hydrogen-bond donors (Lipinski definition) is 1. The summed E-state index contributed by atoms with van der Waals surface area (Å²) in [6.07, 6.45) is 3.61. The molecule has 0 saturated carbocycles. The summed E-state index contributed by atoms with van der Waals surface area (Å²) >= 11 is 0. The molecule has 4 nitrogen and oxygen atoms in total. The van der Waals surface area contributed by atoms with Crippen LogP contribution in [0.3, 0.4) is 0 Å². The molecule has 1 saturated heterocycles. The summed E-state index contributed by atoms with van der Waals surface area (Å²) in [5, 5.41) is 0. The van der Waals surface area contributed by atoms with Crippen LogP contribution < -0.4 is 5.73 Å². The van der Waals surface area contributed by atoms with Crippen molar-refractivity contribution in [2.24, 2.45) is 5.73 Å². The minimum atomic E-state index is 0.211. The quantitative estimate of drug-likeness (QED) is 0.768. The number of hydrogen-bond acceptors (Lipinski definition) is 3. The predicted molar refractivity (Wildman–Crippen MR) is 66.2 cm³/mol. The van der Waals surface area contributed by atoms with Crippen LogP contribution in [0, 0.1) is 0 Å². The Morgan fingerprint density at radius 2 is 2.06 bits per heavy atom. The van der Waals surface area contributed by atoms with E-state index in [4.69, 9.17) is 5.73 Å². The third-order valence-electron chi connectivity index (χ3n) is 3.12. The van der Waals surface area contributed by atoms with E-state index >= 15 is 0 Å². The fraction of sp³-hybridized carbons (Fsp3) is 0.917. The standard InChI is InChI=1S/C12H25N3O/c1-11(13)5-3-6-12(16)15-8-4-7-14(2)9-10-15/h11H,3-10,13H2,1-2H3. The molecule has 1 aliphatic rings. The van der Waals surface area contributed by atoms with Gasteiger partial charge in [-0.25, -0.2) is 0 Å². The van der Waals surface area contributed by atoms with Gasteiger partial charge in [-0.1, -0.05) is 0 Å². The van der Waals surface area contributed by atoms with Crippen LogP contribution in [0.1, 0.15) is 32.6 Å². The van der Waals surface area contributed by atoms with Gasteiger partial charge in [0.2, 0.25) is 5.91 Å². The maximum Gasteiger partial charge on any atom is 0.222 e. The van der Waals surface area contributed by atoms with Crippen LogP contribution in [0.4, 0.5) is 0 Å². The number of rotatable bonds is 4. The van der Waals surface area contributed by atoms with Crippen molar-refractivity contribution in [3.8, 4) is 0 Å². The fourth-order valence-electron chi connectivity index (χ4n) is 2.03. The minimum absolute atomic E-state index is 0.211. The van der Waals surface area contributed by atoms with Crippen molar-refractivity contribution >= 4 is 5.91 Å². The first kappa shape index (κ1) is 13.5. The van der Waals surface area contributed by atoms with Crippen molar-refractivity contribution < 1.29 is 4.79 Å². The van der Waals surface area contributed by atoms with Gasteiger partial charge in [-0.15, -0.1) is 0 Å². The summed E-state index contributed by atoms with van der Waals surface area (Å²) in [5.41, 5.74) is 5.67. The first-order valence-corrected chi connectivity index (χ1v) is 6.31. The molecule has 0 spiro atoms. The van der Waals surface area contributed by atoms with Crippen molar-refractivity contribution in [2.75, 3.05) is 33.2 Å². The second kappa shape index (κ2) is 6.86. The SMILES string of the molecule is CC(N)CCCC(=O)N1CCCN(C)CC1. The van der Waals surface area contributed by atoms with Gasteiger partial charge in [-0.2, -0.15) is 0 Å². The first-order valence-electron chi connectivity index (χ1n) is 6.31. The zero-order valence-electron chi connectivity index (χ0n) is 10.6. The smallest absolute Gasteiger partial charge is 0.222 e. The third-order valence-corrected chi connectivity index (χ3v) is 3.12. The van der Waals surface area contributed by atoms with Gasteiger partial charge in [0.1, 0.15) is 0 Å². The molecule has 0 radical (unpaired) electrons. The minimum Gasteiger partial charge on any atom is -0.341 e. The highest BCUT2D eigenvalue weighted by atomic mass is 16.2. The molecule has 1 aliphatic heterocycles. The lowest BCUT2D eigenvalue weighted by atomic mass is 10.1. The van der Waals surface area contributed by atoms with Gasteiger partial charge in [-0.05, 0) is 39.8 Å². The normalized spacial score (nSPS) is 20.6. The van der Waals surface area contributed by atoms with Crippen molar-refractivity contribution in [1.29, 1.82) is 0 Å². The highest BCUT2D eigenvalue weighted by Gasteiger charge is 2.16. The number of likely N-dealkylation sites (N-methyl/N-ethyl adjacent to an activating group) is 1. The van der Waals surface area contributed by atoms with Crippen LogP contribution in [-0.2, 0) is 4.79 Å². The summed E-state index contributed by atoms with van der Waals surface area (Å²) < 4.78 is 0. The molecule has 0 bridgehead atoms. The Morgan fingerprint density at radius 3 is 2.75 bits per heavy atom. The molecule has 0 aromatic carbocycles. The maximum atomic E-state index is 11.9. The molecular weight excluding hydrogens is 202 g/mol. The predicted octanol–water partition coefficient (Wildman–Crippen LogP) is 0.668. The second-order valence-electron chi connectivity index (χ2n) is 4.91. The summed E-state index contributed by atoms with van der Waals surface area (Å²) in [7, 11) is 2.12. The zero-order chi connectivity index (χ0) is 12.0. The largest absolute Gasteiger partial charge is 0.341 e. The van der Waals surface area contributed by atoms with E-state index in [0.29, 0.717) is 12.3 Å². The summed E-state index contributed by atoms with van der Waals surface area (Å²) in [6, 6.07) is 0.211. The lowest BCUT2D eigenvalue weighted by molar-refractivity contribution is -0.131.